The molecule has 0 unspecified atom stereocenters. The third kappa shape index (κ3) is 4.72. The zero-order chi connectivity index (χ0) is 16.7. The SMILES string of the molecule is COc1ccc(NC(=O)c2ccc(OCC(=O)NN)cc2)cc1. The lowest BCUT2D eigenvalue weighted by molar-refractivity contribution is -0.123. The van der Waals surface area contributed by atoms with Gasteiger partial charge in [0.1, 0.15) is 11.5 Å². The number of hydrogen-bond acceptors (Lipinski definition) is 5. The van der Waals surface area contributed by atoms with E-state index in [1.165, 1.54) is 0 Å². The lowest BCUT2D eigenvalue weighted by Crippen LogP contribution is -2.34. The molecule has 0 aromatic heterocycles. The first-order valence-electron chi connectivity index (χ1n) is 6.80. The van der Waals surface area contributed by atoms with Crippen LogP contribution in [0.2, 0.25) is 0 Å². The first kappa shape index (κ1) is 16.3. The van der Waals surface area contributed by atoms with E-state index in [1.807, 2.05) is 5.43 Å². The fraction of sp³-hybridized carbons (Fsp3) is 0.125. The van der Waals surface area contributed by atoms with Gasteiger partial charge in [0.15, 0.2) is 6.61 Å². The van der Waals surface area contributed by atoms with Gasteiger partial charge in [-0.3, -0.25) is 15.0 Å². The van der Waals surface area contributed by atoms with Gasteiger partial charge in [0.05, 0.1) is 7.11 Å². The van der Waals surface area contributed by atoms with Gasteiger partial charge < -0.3 is 14.8 Å². The molecule has 4 N–H and O–H groups in total. The van der Waals surface area contributed by atoms with Crippen molar-refractivity contribution in [2.24, 2.45) is 5.84 Å². The fourth-order valence-corrected chi connectivity index (χ4v) is 1.77. The molecule has 2 aromatic carbocycles. The van der Waals surface area contributed by atoms with Gasteiger partial charge in [-0.25, -0.2) is 5.84 Å². The second kappa shape index (κ2) is 7.81. The van der Waals surface area contributed by atoms with Crippen LogP contribution in [0.5, 0.6) is 11.5 Å². The van der Waals surface area contributed by atoms with Gasteiger partial charge in [0.2, 0.25) is 0 Å². The molecule has 0 saturated carbocycles. The highest BCUT2D eigenvalue weighted by Gasteiger charge is 2.07. The predicted molar refractivity (Wildman–Crippen MR) is 85.2 cm³/mol. The summed E-state index contributed by atoms with van der Waals surface area (Å²) < 4.78 is 10.3. The second-order valence-electron chi connectivity index (χ2n) is 4.56. The van der Waals surface area contributed by atoms with Crippen LogP contribution in [-0.2, 0) is 4.79 Å². The zero-order valence-electron chi connectivity index (χ0n) is 12.5. The van der Waals surface area contributed by atoms with E-state index < -0.39 is 5.91 Å². The van der Waals surface area contributed by atoms with Gasteiger partial charge in [-0.05, 0) is 48.5 Å². The minimum absolute atomic E-state index is 0.187. The number of hydrazine groups is 1. The number of carbonyl (C=O) groups is 2. The van der Waals surface area contributed by atoms with E-state index in [4.69, 9.17) is 15.3 Å². The summed E-state index contributed by atoms with van der Waals surface area (Å²) >= 11 is 0. The van der Waals surface area contributed by atoms with Crippen LogP contribution in [0.3, 0.4) is 0 Å². The van der Waals surface area contributed by atoms with Crippen LogP contribution in [0, 0.1) is 0 Å². The molecule has 7 heteroatoms. The van der Waals surface area contributed by atoms with E-state index in [1.54, 1.807) is 55.6 Å². The summed E-state index contributed by atoms with van der Waals surface area (Å²) in [5, 5.41) is 2.77. The third-order valence-corrected chi connectivity index (χ3v) is 3.00. The van der Waals surface area contributed by atoms with Crippen molar-refractivity contribution in [3.8, 4) is 11.5 Å². The molecular formula is C16H17N3O4. The molecule has 0 aliphatic rings. The van der Waals surface area contributed by atoms with Gasteiger partial charge in [0.25, 0.3) is 11.8 Å². The number of amides is 2. The number of nitrogens with one attached hydrogen (secondary N) is 2. The Morgan fingerprint density at radius 1 is 1.00 bits per heavy atom. The van der Waals surface area contributed by atoms with Gasteiger partial charge in [-0.15, -0.1) is 0 Å². The summed E-state index contributed by atoms with van der Waals surface area (Å²) in [4.78, 5) is 23.1. The van der Waals surface area contributed by atoms with Crippen molar-refractivity contribution < 1.29 is 19.1 Å². The molecule has 0 radical (unpaired) electrons. The average Bonchev–Trinajstić information content (AvgIpc) is 2.60. The van der Waals surface area contributed by atoms with Gasteiger partial charge >= 0.3 is 0 Å². The normalized spacial score (nSPS) is 9.83. The molecule has 0 bridgehead atoms. The first-order valence-corrected chi connectivity index (χ1v) is 6.80. The molecule has 2 amide bonds. The summed E-state index contributed by atoms with van der Waals surface area (Å²) in [6, 6.07) is 13.4. The van der Waals surface area contributed by atoms with E-state index in [0.717, 1.165) is 0 Å². The quantitative estimate of drug-likeness (QED) is 0.424. The van der Waals surface area contributed by atoms with E-state index in [2.05, 4.69) is 5.32 Å². The van der Waals surface area contributed by atoms with Crippen LogP contribution >= 0.6 is 0 Å². The molecular weight excluding hydrogens is 298 g/mol. The average molecular weight is 315 g/mol. The molecule has 7 nitrogen and oxygen atoms in total. The summed E-state index contributed by atoms with van der Waals surface area (Å²) in [6.07, 6.45) is 0. The standard InChI is InChI=1S/C16H17N3O4/c1-22-13-8-4-12(5-9-13)18-16(21)11-2-6-14(7-3-11)23-10-15(20)19-17/h2-9H,10,17H2,1H3,(H,18,21)(H,19,20). The van der Waals surface area contributed by atoms with Gasteiger partial charge in [0, 0.05) is 11.3 Å². The van der Waals surface area contributed by atoms with Crippen molar-refractivity contribution in [2.45, 2.75) is 0 Å². The smallest absolute Gasteiger partial charge is 0.271 e. The van der Waals surface area contributed by atoms with E-state index in [9.17, 15) is 9.59 Å². The lowest BCUT2D eigenvalue weighted by Gasteiger charge is -2.08. The van der Waals surface area contributed by atoms with Crippen molar-refractivity contribution in [1.29, 1.82) is 0 Å². The highest BCUT2D eigenvalue weighted by molar-refractivity contribution is 6.04. The van der Waals surface area contributed by atoms with E-state index in [0.29, 0.717) is 22.7 Å². The van der Waals surface area contributed by atoms with Crippen molar-refractivity contribution in [3.05, 3.63) is 54.1 Å². The van der Waals surface area contributed by atoms with Crippen LogP contribution in [-0.4, -0.2) is 25.5 Å². The molecule has 0 atom stereocenters. The topological polar surface area (TPSA) is 103 Å². The highest BCUT2D eigenvalue weighted by atomic mass is 16.5. The highest BCUT2D eigenvalue weighted by Crippen LogP contribution is 2.17. The lowest BCUT2D eigenvalue weighted by atomic mass is 10.2. The van der Waals surface area contributed by atoms with Crippen LogP contribution in [0.25, 0.3) is 0 Å². The molecule has 0 fully saturated rings. The number of ether oxygens (including phenoxy) is 2. The molecule has 120 valence electrons. The number of methoxy groups -OCH3 is 1. The zero-order valence-corrected chi connectivity index (χ0v) is 12.5. The summed E-state index contributed by atoms with van der Waals surface area (Å²) in [5.74, 6) is 5.45. The first-order chi connectivity index (χ1) is 11.1. The maximum Gasteiger partial charge on any atom is 0.271 e. The molecule has 0 spiro atoms. The van der Waals surface area contributed by atoms with Crippen molar-refractivity contribution in [1.82, 2.24) is 5.43 Å². The van der Waals surface area contributed by atoms with Crippen LogP contribution < -0.4 is 26.1 Å². The maximum atomic E-state index is 12.1. The Morgan fingerprint density at radius 3 is 2.17 bits per heavy atom. The van der Waals surface area contributed by atoms with Gasteiger partial charge in [-0.1, -0.05) is 0 Å². The second-order valence-corrected chi connectivity index (χ2v) is 4.56. The Labute approximate surface area is 133 Å². The minimum Gasteiger partial charge on any atom is -0.497 e. The Bertz CT molecular complexity index is 669. The molecule has 0 aliphatic carbocycles. The van der Waals surface area contributed by atoms with Crippen molar-refractivity contribution >= 4 is 17.5 Å². The van der Waals surface area contributed by atoms with Crippen LogP contribution in [0.1, 0.15) is 10.4 Å². The fourth-order valence-electron chi connectivity index (χ4n) is 1.77. The molecule has 0 heterocycles. The number of rotatable bonds is 6. The largest absolute Gasteiger partial charge is 0.497 e. The Morgan fingerprint density at radius 2 is 1.61 bits per heavy atom. The minimum atomic E-state index is -0.439. The molecule has 23 heavy (non-hydrogen) atoms. The maximum absolute atomic E-state index is 12.1. The molecule has 0 saturated heterocycles. The Kier molecular flexibility index (Phi) is 5.54. The van der Waals surface area contributed by atoms with Crippen LogP contribution in [0.4, 0.5) is 5.69 Å². The predicted octanol–water partition coefficient (Wildman–Crippen LogP) is 1.32. The van der Waals surface area contributed by atoms with Crippen molar-refractivity contribution in [3.63, 3.8) is 0 Å². The molecule has 0 aliphatic heterocycles. The Hall–Kier alpha value is -3.06. The number of anilines is 1. The van der Waals surface area contributed by atoms with Gasteiger partial charge in [-0.2, -0.15) is 0 Å². The number of hydrogen-bond donors (Lipinski definition) is 3. The summed E-state index contributed by atoms with van der Waals surface area (Å²) in [5.41, 5.74) is 3.09. The molecule has 2 rings (SSSR count). The monoisotopic (exact) mass is 315 g/mol. The number of benzene rings is 2. The van der Waals surface area contributed by atoms with E-state index in [-0.39, 0.29) is 12.5 Å². The van der Waals surface area contributed by atoms with Crippen molar-refractivity contribution in [2.75, 3.05) is 19.0 Å². The van der Waals surface area contributed by atoms with E-state index >= 15 is 0 Å². The summed E-state index contributed by atoms with van der Waals surface area (Å²) in [7, 11) is 1.58. The third-order valence-electron chi connectivity index (χ3n) is 3.00. The molecule has 2 aromatic rings. The summed E-state index contributed by atoms with van der Waals surface area (Å²) in [6.45, 7) is -0.187. The Balaban J connectivity index is 1.95. The number of nitrogens with two attached hydrogens (primary N) is 1. The number of carbonyl (C=O) groups excluding carboxylic acids is 2. The van der Waals surface area contributed by atoms with Crippen LogP contribution in [0.15, 0.2) is 48.5 Å².